The normalized spacial score (nSPS) is 12.1. The molecule has 0 aliphatic heterocycles. The number of hydrogen-bond acceptors (Lipinski definition) is 4. The second-order valence-electron chi connectivity index (χ2n) is 6.19. The lowest BCUT2D eigenvalue weighted by molar-refractivity contribution is 0.1000. The maximum Gasteiger partial charge on any atom is 0.252 e. The van der Waals surface area contributed by atoms with Gasteiger partial charge in [0.25, 0.3) is 5.91 Å². The number of aromatic nitrogens is 1. The van der Waals surface area contributed by atoms with Crippen LogP contribution in [0, 0.1) is 18.7 Å². The Morgan fingerprint density at radius 1 is 1.27 bits per heavy atom. The number of nitrogens with one attached hydrogen (secondary N) is 2. The molecule has 0 unspecified atom stereocenters. The molecular weight excluding hydrogens is 345 g/mol. The Balaban J connectivity index is 2.26. The highest BCUT2D eigenvalue weighted by Crippen LogP contribution is 2.24. The van der Waals surface area contributed by atoms with Gasteiger partial charge in [-0.05, 0) is 36.6 Å². The number of pyridine rings is 1. The highest BCUT2D eigenvalue weighted by molar-refractivity contribution is 5.98. The molecule has 2 aromatic rings. The van der Waals surface area contributed by atoms with Crippen molar-refractivity contribution in [3.05, 3.63) is 47.3 Å². The highest BCUT2D eigenvalue weighted by Gasteiger charge is 2.17. The molecule has 2 rings (SSSR count). The third-order valence-electron chi connectivity index (χ3n) is 3.72. The lowest BCUT2D eigenvalue weighted by atomic mass is 10.1. The molecule has 1 amide bonds. The molecule has 1 heterocycles. The zero-order valence-corrected chi connectivity index (χ0v) is 14.5. The van der Waals surface area contributed by atoms with Crippen molar-refractivity contribution in [3.63, 3.8) is 0 Å². The Hall–Kier alpha value is -2.77. The van der Waals surface area contributed by atoms with E-state index in [-0.39, 0.29) is 36.1 Å². The molecule has 0 aliphatic rings. The summed E-state index contributed by atoms with van der Waals surface area (Å²) in [5, 5.41) is 5.65. The van der Waals surface area contributed by atoms with Gasteiger partial charge >= 0.3 is 0 Å². The predicted molar refractivity (Wildman–Crippen MR) is 95.4 cm³/mol. The van der Waals surface area contributed by atoms with E-state index in [0.29, 0.717) is 5.69 Å². The van der Waals surface area contributed by atoms with Crippen LogP contribution >= 0.6 is 0 Å². The minimum Gasteiger partial charge on any atom is -0.367 e. The van der Waals surface area contributed by atoms with E-state index in [0.717, 1.165) is 11.6 Å². The SMILES string of the molecule is Cc1cccc(Nc2nc(NC[C@@H](C)CC(F)F)c(F)cc2C(N)=O)c1. The zero-order valence-electron chi connectivity index (χ0n) is 14.5. The molecule has 0 spiro atoms. The van der Waals surface area contributed by atoms with Crippen molar-refractivity contribution in [2.45, 2.75) is 26.7 Å². The average molecular weight is 366 g/mol. The maximum absolute atomic E-state index is 14.2. The minimum absolute atomic E-state index is 0.0912. The fourth-order valence-electron chi connectivity index (χ4n) is 2.41. The first-order valence-corrected chi connectivity index (χ1v) is 8.12. The number of halogens is 3. The summed E-state index contributed by atoms with van der Waals surface area (Å²) in [6.07, 6.45) is -2.73. The van der Waals surface area contributed by atoms with Gasteiger partial charge in [0.05, 0.1) is 5.56 Å². The monoisotopic (exact) mass is 366 g/mol. The van der Waals surface area contributed by atoms with E-state index >= 15 is 0 Å². The maximum atomic E-state index is 14.2. The molecule has 0 fully saturated rings. The van der Waals surface area contributed by atoms with Crippen LogP contribution in [0.5, 0.6) is 0 Å². The first-order valence-electron chi connectivity index (χ1n) is 8.12. The number of benzene rings is 1. The van der Waals surface area contributed by atoms with Gasteiger partial charge in [0, 0.05) is 18.7 Å². The first kappa shape index (κ1) is 19.6. The number of anilines is 3. The smallest absolute Gasteiger partial charge is 0.252 e. The summed E-state index contributed by atoms with van der Waals surface area (Å²) >= 11 is 0. The molecular formula is C18H21F3N4O. The van der Waals surface area contributed by atoms with Gasteiger partial charge < -0.3 is 16.4 Å². The molecule has 5 nitrogen and oxygen atoms in total. The number of amides is 1. The van der Waals surface area contributed by atoms with Crippen LogP contribution in [-0.2, 0) is 0 Å². The average Bonchev–Trinajstić information content (AvgIpc) is 2.54. The summed E-state index contributed by atoms with van der Waals surface area (Å²) in [7, 11) is 0. The number of hydrogen-bond donors (Lipinski definition) is 3. The fraction of sp³-hybridized carbons (Fsp3) is 0.333. The van der Waals surface area contributed by atoms with Crippen LogP contribution in [0.4, 0.5) is 30.5 Å². The summed E-state index contributed by atoms with van der Waals surface area (Å²) in [5.41, 5.74) is 6.84. The van der Waals surface area contributed by atoms with Gasteiger partial charge in [-0.1, -0.05) is 19.1 Å². The van der Waals surface area contributed by atoms with Gasteiger partial charge in [0.1, 0.15) is 5.82 Å². The van der Waals surface area contributed by atoms with E-state index in [1.165, 1.54) is 0 Å². The number of rotatable bonds is 8. The molecule has 140 valence electrons. The number of primary amides is 1. The lowest BCUT2D eigenvalue weighted by Crippen LogP contribution is -2.19. The molecule has 4 N–H and O–H groups in total. The highest BCUT2D eigenvalue weighted by atomic mass is 19.3. The van der Waals surface area contributed by atoms with E-state index in [2.05, 4.69) is 15.6 Å². The molecule has 0 radical (unpaired) electrons. The largest absolute Gasteiger partial charge is 0.367 e. The number of nitrogens with two attached hydrogens (primary N) is 1. The van der Waals surface area contributed by atoms with Crippen LogP contribution in [-0.4, -0.2) is 23.9 Å². The van der Waals surface area contributed by atoms with Crippen LogP contribution in [0.3, 0.4) is 0 Å². The van der Waals surface area contributed by atoms with Crippen molar-refractivity contribution >= 4 is 23.2 Å². The van der Waals surface area contributed by atoms with Crippen molar-refractivity contribution in [1.29, 1.82) is 0 Å². The second kappa shape index (κ2) is 8.55. The molecule has 26 heavy (non-hydrogen) atoms. The number of nitrogens with zero attached hydrogens (tertiary/aromatic N) is 1. The summed E-state index contributed by atoms with van der Waals surface area (Å²) in [6, 6.07) is 8.29. The van der Waals surface area contributed by atoms with E-state index in [4.69, 9.17) is 5.73 Å². The molecule has 0 aliphatic carbocycles. The summed E-state index contributed by atoms with van der Waals surface area (Å²) in [6.45, 7) is 3.64. The third kappa shape index (κ3) is 5.37. The number of carbonyl (C=O) groups excluding carboxylic acids is 1. The standard InChI is InChI=1S/C18H21F3N4O/c1-10-4-3-5-12(6-10)24-17-13(16(22)26)8-14(19)18(25-17)23-9-11(2)7-15(20)21/h3-6,8,11,15H,7,9H2,1-2H3,(H2,22,26)(H2,23,24,25)/t11-/m0/s1. The Labute approximate surface area is 149 Å². The number of carbonyl (C=O) groups is 1. The van der Waals surface area contributed by atoms with Gasteiger partial charge in [0.15, 0.2) is 11.6 Å². The van der Waals surface area contributed by atoms with Gasteiger partial charge in [0.2, 0.25) is 6.43 Å². The summed E-state index contributed by atoms with van der Waals surface area (Å²) < 4.78 is 39.0. The van der Waals surface area contributed by atoms with Crippen molar-refractivity contribution < 1.29 is 18.0 Å². The number of aryl methyl sites for hydroxylation is 1. The van der Waals surface area contributed by atoms with E-state index < -0.39 is 18.1 Å². The van der Waals surface area contributed by atoms with Crippen LogP contribution in [0.15, 0.2) is 30.3 Å². The second-order valence-corrected chi connectivity index (χ2v) is 6.19. The first-order chi connectivity index (χ1) is 12.3. The van der Waals surface area contributed by atoms with Crippen molar-refractivity contribution in [2.24, 2.45) is 11.7 Å². The van der Waals surface area contributed by atoms with Crippen LogP contribution in [0.1, 0.15) is 29.3 Å². The van der Waals surface area contributed by atoms with Crippen molar-refractivity contribution in [1.82, 2.24) is 4.98 Å². The molecule has 0 bridgehead atoms. The predicted octanol–water partition coefficient (Wildman–Crippen LogP) is 4.07. The number of alkyl halides is 2. The molecule has 8 heteroatoms. The van der Waals surface area contributed by atoms with Gasteiger partial charge in [-0.25, -0.2) is 18.2 Å². The quantitative estimate of drug-likeness (QED) is 0.658. The van der Waals surface area contributed by atoms with Gasteiger partial charge in [-0.2, -0.15) is 0 Å². The lowest BCUT2D eigenvalue weighted by Gasteiger charge is -2.16. The Morgan fingerprint density at radius 2 is 2.00 bits per heavy atom. The van der Waals surface area contributed by atoms with E-state index in [9.17, 15) is 18.0 Å². The molecule has 1 aromatic carbocycles. The molecule has 0 saturated carbocycles. The van der Waals surface area contributed by atoms with E-state index in [1.807, 2.05) is 25.1 Å². The summed E-state index contributed by atoms with van der Waals surface area (Å²) in [4.78, 5) is 15.7. The van der Waals surface area contributed by atoms with Crippen LogP contribution in [0.25, 0.3) is 0 Å². The van der Waals surface area contributed by atoms with E-state index in [1.54, 1.807) is 13.0 Å². The Kier molecular flexibility index (Phi) is 6.43. The van der Waals surface area contributed by atoms with Crippen molar-refractivity contribution in [3.8, 4) is 0 Å². The molecule has 0 saturated heterocycles. The fourth-order valence-corrected chi connectivity index (χ4v) is 2.41. The Morgan fingerprint density at radius 3 is 2.62 bits per heavy atom. The molecule has 1 aromatic heterocycles. The minimum atomic E-state index is -2.43. The zero-order chi connectivity index (χ0) is 19.3. The van der Waals surface area contributed by atoms with Crippen LogP contribution in [0.2, 0.25) is 0 Å². The third-order valence-corrected chi connectivity index (χ3v) is 3.72. The Bertz CT molecular complexity index is 783. The van der Waals surface area contributed by atoms with Crippen LogP contribution < -0.4 is 16.4 Å². The van der Waals surface area contributed by atoms with Gasteiger partial charge in [-0.3, -0.25) is 4.79 Å². The van der Waals surface area contributed by atoms with Crippen molar-refractivity contribution in [2.75, 3.05) is 17.2 Å². The summed E-state index contributed by atoms with van der Waals surface area (Å²) in [5.74, 6) is -2.03. The molecule has 1 atom stereocenters. The van der Waals surface area contributed by atoms with Gasteiger partial charge in [-0.15, -0.1) is 0 Å². The topological polar surface area (TPSA) is 80.0 Å².